The highest BCUT2D eigenvalue weighted by atomic mass is 35.5. The molecule has 3 aromatic carbocycles. The van der Waals surface area contributed by atoms with Gasteiger partial charge in [0.1, 0.15) is 12.4 Å². The number of anilines is 1. The highest BCUT2D eigenvalue weighted by Gasteiger charge is 2.11. The van der Waals surface area contributed by atoms with E-state index >= 15 is 0 Å². The lowest BCUT2D eigenvalue weighted by molar-refractivity contribution is 0.102. The van der Waals surface area contributed by atoms with Gasteiger partial charge in [0.2, 0.25) is 0 Å². The van der Waals surface area contributed by atoms with Crippen molar-refractivity contribution in [2.45, 2.75) is 33.9 Å². The molecule has 0 spiro atoms. The number of rotatable bonds is 7. The van der Waals surface area contributed by atoms with Gasteiger partial charge in [-0.05, 0) is 67.3 Å². The molecule has 1 amide bonds. The summed E-state index contributed by atoms with van der Waals surface area (Å²) in [4.78, 5) is 12.7. The third-order valence-electron chi connectivity index (χ3n) is 5.48. The number of nitrogens with one attached hydrogen (secondary N) is 1. The van der Waals surface area contributed by atoms with Crippen LogP contribution in [0.3, 0.4) is 0 Å². The van der Waals surface area contributed by atoms with Gasteiger partial charge in [-0.3, -0.25) is 9.48 Å². The predicted octanol–water partition coefficient (Wildman–Crippen LogP) is 6.34. The number of carbonyl (C=O) groups excluding carboxylic acids is 1. The van der Waals surface area contributed by atoms with Gasteiger partial charge in [0.15, 0.2) is 5.82 Å². The van der Waals surface area contributed by atoms with Crippen LogP contribution in [0.2, 0.25) is 5.02 Å². The summed E-state index contributed by atoms with van der Waals surface area (Å²) in [5.41, 5.74) is 5.82. The maximum Gasteiger partial charge on any atom is 0.256 e. The molecule has 5 nitrogen and oxygen atoms in total. The number of carbonyl (C=O) groups is 1. The number of halogens is 1. The van der Waals surface area contributed by atoms with Gasteiger partial charge >= 0.3 is 0 Å². The minimum absolute atomic E-state index is 0.201. The highest BCUT2D eigenvalue weighted by molar-refractivity contribution is 6.30. The van der Waals surface area contributed by atoms with Crippen LogP contribution in [0.15, 0.2) is 72.8 Å². The Kier molecular flexibility index (Phi) is 6.80. The average molecular weight is 460 g/mol. The lowest BCUT2D eigenvalue weighted by atomic mass is 10.1. The fraction of sp³-hybridized carbons (Fsp3) is 0.185. The van der Waals surface area contributed by atoms with E-state index < -0.39 is 0 Å². The number of nitrogens with zero attached hydrogens (tertiary/aromatic N) is 2. The second kappa shape index (κ2) is 9.92. The predicted molar refractivity (Wildman–Crippen MR) is 132 cm³/mol. The minimum Gasteiger partial charge on any atom is -0.488 e. The first-order chi connectivity index (χ1) is 15.9. The van der Waals surface area contributed by atoms with Gasteiger partial charge in [-0.15, -0.1) is 0 Å². The molecule has 0 aliphatic heterocycles. The first-order valence-electron chi connectivity index (χ1n) is 10.8. The molecule has 1 aromatic heterocycles. The van der Waals surface area contributed by atoms with Crippen LogP contribution in [0.4, 0.5) is 5.82 Å². The van der Waals surface area contributed by atoms with Crippen molar-refractivity contribution in [3.63, 3.8) is 0 Å². The second-order valence-corrected chi connectivity index (χ2v) is 8.55. The van der Waals surface area contributed by atoms with Gasteiger partial charge in [-0.1, -0.05) is 54.1 Å². The second-order valence-electron chi connectivity index (χ2n) is 8.12. The fourth-order valence-corrected chi connectivity index (χ4v) is 3.74. The van der Waals surface area contributed by atoms with Gasteiger partial charge < -0.3 is 10.1 Å². The third kappa shape index (κ3) is 5.62. The molecule has 0 unspecified atom stereocenters. The van der Waals surface area contributed by atoms with Gasteiger partial charge in [-0.25, -0.2) is 0 Å². The molecule has 168 valence electrons. The van der Waals surface area contributed by atoms with Crippen molar-refractivity contribution in [2.24, 2.45) is 0 Å². The van der Waals surface area contributed by atoms with E-state index in [0.29, 0.717) is 29.6 Å². The van der Waals surface area contributed by atoms with Crippen molar-refractivity contribution in [1.82, 2.24) is 9.78 Å². The summed E-state index contributed by atoms with van der Waals surface area (Å²) in [6.45, 7) is 7.09. The summed E-state index contributed by atoms with van der Waals surface area (Å²) in [5.74, 6) is 1.23. The fourth-order valence-electron chi connectivity index (χ4n) is 3.62. The molecule has 0 saturated heterocycles. The van der Waals surface area contributed by atoms with Crippen molar-refractivity contribution in [1.29, 1.82) is 0 Å². The molecule has 4 rings (SSSR count). The molecule has 1 heterocycles. The maximum absolute atomic E-state index is 12.7. The molecule has 0 aliphatic rings. The summed E-state index contributed by atoms with van der Waals surface area (Å²) in [6, 6.07) is 23.0. The first kappa shape index (κ1) is 22.6. The number of amides is 1. The van der Waals surface area contributed by atoms with Crippen LogP contribution in [-0.4, -0.2) is 15.7 Å². The SMILES string of the molecule is Cc1cccc(C)c1OCc1ccc(C(=O)Nc2cc(C)n(Cc3ccc(Cl)cc3)n2)cc1. The summed E-state index contributed by atoms with van der Waals surface area (Å²) in [6.07, 6.45) is 0. The lowest BCUT2D eigenvalue weighted by Gasteiger charge is -2.12. The van der Waals surface area contributed by atoms with Crippen molar-refractivity contribution in [3.8, 4) is 5.75 Å². The van der Waals surface area contributed by atoms with Crippen LogP contribution >= 0.6 is 11.6 Å². The normalized spacial score (nSPS) is 10.8. The van der Waals surface area contributed by atoms with Crippen LogP contribution in [0.1, 0.15) is 38.3 Å². The Hall–Kier alpha value is -3.57. The zero-order valence-corrected chi connectivity index (χ0v) is 19.7. The number of hydrogen-bond acceptors (Lipinski definition) is 3. The Labute approximate surface area is 199 Å². The molecular formula is C27H26ClN3O2. The molecule has 0 radical (unpaired) electrons. The van der Waals surface area contributed by atoms with E-state index in [1.54, 1.807) is 12.1 Å². The molecule has 0 atom stereocenters. The zero-order valence-electron chi connectivity index (χ0n) is 18.9. The molecule has 6 heteroatoms. The van der Waals surface area contributed by atoms with Crippen molar-refractivity contribution >= 4 is 23.3 Å². The summed E-state index contributed by atoms with van der Waals surface area (Å²) >= 11 is 5.96. The number of ether oxygens (including phenoxy) is 1. The van der Waals surface area contributed by atoms with Gasteiger partial charge in [0.25, 0.3) is 5.91 Å². The monoisotopic (exact) mass is 459 g/mol. The van der Waals surface area contributed by atoms with E-state index in [-0.39, 0.29) is 5.91 Å². The first-order valence-corrected chi connectivity index (χ1v) is 11.1. The standard InChI is InChI=1S/C27H26ClN3O2/c1-18-5-4-6-19(2)26(18)33-17-22-7-11-23(12-8-22)27(32)29-25-15-20(3)31(30-25)16-21-9-13-24(28)14-10-21/h4-15H,16-17H2,1-3H3,(H,29,30,32). The van der Waals surface area contributed by atoms with E-state index in [1.165, 1.54) is 0 Å². The summed E-state index contributed by atoms with van der Waals surface area (Å²) < 4.78 is 7.85. The minimum atomic E-state index is -0.201. The number of para-hydroxylation sites is 1. The van der Waals surface area contributed by atoms with Gasteiger partial charge in [0, 0.05) is 22.3 Å². The molecule has 33 heavy (non-hydrogen) atoms. The number of hydrogen-bond donors (Lipinski definition) is 1. The van der Waals surface area contributed by atoms with Crippen LogP contribution in [0, 0.1) is 20.8 Å². The topological polar surface area (TPSA) is 56.1 Å². The Morgan fingerprint density at radius 1 is 0.939 bits per heavy atom. The summed E-state index contributed by atoms with van der Waals surface area (Å²) in [5, 5.41) is 8.11. The number of aromatic nitrogens is 2. The van der Waals surface area contributed by atoms with E-state index in [2.05, 4.69) is 10.4 Å². The van der Waals surface area contributed by atoms with E-state index in [0.717, 1.165) is 33.7 Å². The Balaban J connectivity index is 1.37. The van der Waals surface area contributed by atoms with Crippen LogP contribution < -0.4 is 10.1 Å². The van der Waals surface area contributed by atoms with Crippen molar-refractivity contribution in [2.75, 3.05) is 5.32 Å². The van der Waals surface area contributed by atoms with E-state index in [1.807, 2.05) is 86.1 Å². The van der Waals surface area contributed by atoms with Gasteiger partial charge in [-0.2, -0.15) is 5.10 Å². The number of benzene rings is 3. The average Bonchev–Trinajstić information content (AvgIpc) is 3.13. The molecule has 1 N–H and O–H groups in total. The summed E-state index contributed by atoms with van der Waals surface area (Å²) in [7, 11) is 0. The highest BCUT2D eigenvalue weighted by Crippen LogP contribution is 2.23. The maximum atomic E-state index is 12.7. The quantitative estimate of drug-likeness (QED) is 0.350. The number of aryl methyl sites for hydroxylation is 3. The van der Waals surface area contributed by atoms with Crippen LogP contribution in [-0.2, 0) is 13.2 Å². The molecule has 0 fully saturated rings. The molecule has 0 saturated carbocycles. The molecular weight excluding hydrogens is 434 g/mol. The Morgan fingerprint density at radius 3 is 2.24 bits per heavy atom. The molecule has 4 aromatic rings. The largest absolute Gasteiger partial charge is 0.488 e. The van der Waals surface area contributed by atoms with Gasteiger partial charge in [0.05, 0.1) is 6.54 Å². The Morgan fingerprint density at radius 2 is 1.58 bits per heavy atom. The molecule has 0 aliphatic carbocycles. The smallest absolute Gasteiger partial charge is 0.256 e. The third-order valence-corrected chi connectivity index (χ3v) is 5.73. The van der Waals surface area contributed by atoms with E-state index in [9.17, 15) is 4.79 Å². The lowest BCUT2D eigenvalue weighted by Crippen LogP contribution is -2.13. The molecule has 0 bridgehead atoms. The Bertz CT molecular complexity index is 1240. The van der Waals surface area contributed by atoms with Crippen LogP contribution in [0.5, 0.6) is 5.75 Å². The van der Waals surface area contributed by atoms with Crippen LogP contribution in [0.25, 0.3) is 0 Å². The van der Waals surface area contributed by atoms with E-state index in [4.69, 9.17) is 16.3 Å². The zero-order chi connectivity index (χ0) is 23.4. The van der Waals surface area contributed by atoms with Crippen molar-refractivity contribution in [3.05, 3.63) is 111 Å². The van der Waals surface area contributed by atoms with Crippen molar-refractivity contribution < 1.29 is 9.53 Å².